The zero-order chi connectivity index (χ0) is 14.8. The predicted octanol–water partition coefficient (Wildman–Crippen LogP) is 5.02. The summed E-state index contributed by atoms with van der Waals surface area (Å²) in [4.78, 5) is 0. The standard InChI is InChI=1S/C15H13F4N/c1-10(11-2-6-13(16)7-3-11)20-14-8-4-12(5-9-14)15(17,18)19/h2-10,20H,1H3. The molecule has 0 spiro atoms. The van der Waals surface area contributed by atoms with Gasteiger partial charge >= 0.3 is 6.18 Å². The molecule has 0 aliphatic carbocycles. The molecule has 0 saturated heterocycles. The molecule has 0 heterocycles. The summed E-state index contributed by atoms with van der Waals surface area (Å²) in [6.07, 6.45) is -4.33. The highest BCUT2D eigenvalue weighted by atomic mass is 19.4. The van der Waals surface area contributed by atoms with Gasteiger partial charge in [0.2, 0.25) is 0 Å². The van der Waals surface area contributed by atoms with Crippen LogP contribution in [0.25, 0.3) is 0 Å². The molecular formula is C15H13F4N. The normalized spacial score (nSPS) is 13.1. The molecule has 0 aliphatic heterocycles. The van der Waals surface area contributed by atoms with Crippen LogP contribution in [-0.4, -0.2) is 0 Å². The van der Waals surface area contributed by atoms with E-state index in [9.17, 15) is 17.6 Å². The summed E-state index contributed by atoms with van der Waals surface area (Å²) in [6, 6.07) is 10.6. The predicted molar refractivity (Wildman–Crippen MR) is 69.9 cm³/mol. The van der Waals surface area contributed by atoms with Crippen LogP contribution in [0.4, 0.5) is 23.2 Å². The Bertz CT molecular complexity index is 558. The second-order valence-corrected chi connectivity index (χ2v) is 4.49. The molecule has 0 amide bonds. The van der Waals surface area contributed by atoms with Gasteiger partial charge in [-0.15, -0.1) is 0 Å². The van der Waals surface area contributed by atoms with Crippen molar-refractivity contribution in [3.63, 3.8) is 0 Å². The van der Waals surface area contributed by atoms with Gasteiger partial charge in [-0.05, 0) is 48.9 Å². The van der Waals surface area contributed by atoms with Crippen molar-refractivity contribution in [3.05, 3.63) is 65.5 Å². The van der Waals surface area contributed by atoms with Crippen molar-refractivity contribution < 1.29 is 17.6 Å². The largest absolute Gasteiger partial charge is 0.416 e. The molecule has 0 saturated carbocycles. The molecule has 1 unspecified atom stereocenters. The fraction of sp³-hybridized carbons (Fsp3) is 0.200. The Kier molecular flexibility index (Phi) is 3.97. The molecule has 2 aromatic rings. The van der Waals surface area contributed by atoms with Crippen molar-refractivity contribution in [1.29, 1.82) is 0 Å². The minimum Gasteiger partial charge on any atom is -0.379 e. The van der Waals surface area contributed by atoms with Crippen molar-refractivity contribution in [2.24, 2.45) is 0 Å². The van der Waals surface area contributed by atoms with E-state index in [2.05, 4.69) is 5.32 Å². The number of halogens is 4. The Morgan fingerprint density at radius 3 is 1.95 bits per heavy atom. The molecule has 0 radical (unpaired) electrons. The lowest BCUT2D eigenvalue weighted by Gasteiger charge is -2.16. The van der Waals surface area contributed by atoms with Crippen LogP contribution in [0, 0.1) is 5.82 Å². The molecule has 1 nitrogen and oxygen atoms in total. The second-order valence-electron chi connectivity index (χ2n) is 4.49. The highest BCUT2D eigenvalue weighted by Gasteiger charge is 2.29. The first kappa shape index (κ1) is 14.4. The number of hydrogen-bond acceptors (Lipinski definition) is 1. The van der Waals surface area contributed by atoms with Gasteiger partial charge in [0.05, 0.1) is 5.56 Å². The van der Waals surface area contributed by atoms with Crippen LogP contribution in [-0.2, 0) is 6.18 Å². The van der Waals surface area contributed by atoms with Gasteiger partial charge in [-0.3, -0.25) is 0 Å². The van der Waals surface area contributed by atoms with E-state index in [0.29, 0.717) is 5.69 Å². The summed E-state index contributed by atoms with van der Waals surface area (Å²) in [5.41, 5.74) is 0.749. The Balaban J connectivity index is 2.08. The zero-order valence-electron chi connectivity index (χ0n) is 10.7. The van der Waals surface area contributed by atoms with Gasteiger partial charge in [0, 0.05) is 11.7 Å². The van der Waals surface area contributed by atoms with Gasteiger partial charge in [0.1, 0.15) is 5.82 Å². The van der Waals surface area contributed by atoms with Crippen LogP contribution in [0.2, 0.25) is 0 Å². The maximum atomic E-state index is 12.8. The molecule has 0 fully saturated rings. The summed E-state index contributed by atoms with van der Waals surface area (Å²) in [7, 11) is 0. The first-order valence-corrected chi connectivity index (χ1v) is 6.05. The van der Waals surface area contributed by atoms with E-state index in [0.717, 1.165) is 17.7 Å². The molecule has 106 valence electrons. The zero-order valence-corrected chi connectivity index (χ0v) is 10.7. The van der Waals surface area contributed by atoms with Crippen molar-refractivity contribution in [2.75, 3.05) is 5.32 Å². The molecule has 2 rings (SSSR count). The SMILES string of the molecule is CC(Nc1ccc(C(F)(F)F)cc1)c1ccc(F)cc1. The van der Waals surface area contributed by atoms with E-state index >= 15 is 0 Å². The minimum atomic E-state index is -4.33. The maximum absolute atomic E-state index is 12.8. The lowest BCUT2D eigenvalue weighted by molar-refractivity contribution is -0.137. The van der Waals surface area contributed by atoms with Crippen molar-refractivity contribution >= 4 is 5.69 Å². The number of benzene rings is 2. The van der Waals surface area contributed by atoms with Crippen LogP contribution in [0.15, 0.2) is 48.5 Å². The topological polar surface area (TPSA) is 12.0 Å². The molecule has 1 N–H and O–H groups in total. The summed E-state index contributed by atoms with van der Waals surface area (Å²) < 4.78 is 50.1. The smallest absolute Gasteiger partial charge is 0.379 e. The summed E-state index contributed by atoms with van der Waals surface area (Å²) in [5, 5.41) is 3.07. The molecule has 0 bridgehead atoms. The fourth-order valence-electron chi connectivity index (χ4n) is 1.84. The Labute approximate surface area is 114 Å². The average Bonchev–Trinajstić information content (AvgIpc) is 2.39. The van der Waals surface area contributed by atoms with E-state index in [1.807, 2.05) is 6.92 Å². The summed E-state index contributed by atoms with van der Waals surface area (Å²) >= 11 is 0. The highest BCUT2D eigenvalue weighted by Crippen LogP contribution is 2.30. The summed E-state index contributed by atoms with van der Waals surface area (Å²) in [6.45, 7) is 1.85. The minimum absolute atomic E-state index is 0.132. The molecule has 0 aliphatic rings. The number of nitrogens with one attached hydrogen (secondary N) is 1. The van der Waals surface area contributed by atoms with E-state index < -0.39 is 11.7 Å². The van der Waals surface area contributed by atoms with E-state index in [4.69, 9.17) is 0 Å². The Morgan fingerprint density at radius 2 is 1.45 bits per heavy atom. The number of hydrogen-bond donors (Lipinski definition) is 1. The molecule has 5 heteroatoms. The van der Waals surface area contributed by atoms with Crippen molar-refractivity contribution in [2.45, 2.75) is 19.1 Å². The monoisotopic (exact) mass is 283 g/mol. The van der Waals surface area contributed by atoms with E-state index in [1.54, 1.807) is 12.1 Å². The summed E-state index contributed by atoms with van der Waals surface area (Å²) in [5.74, 6) is -0.324. The first-order valence-electron chi connectivity index (χ1n) is 6.05. The van der Waals surface area contributed by atoms with Crippen molar-refractivity contribution in [1.82, 2.24) is 0 Å². The molecule has 20 heavy (non-hydrogen) atoms. The van der Waals surface area contributed by atoms with Crippen LogP contribution < -0.4 is 5.32 Å². The molecule has 2 aromatic carbocycles. The van der Waals surface area contributed by atoms with Gasteiger partial charge in [-0.2, -0.15) is 13.2 Å². The van der Waals surface area contributed by atoms with Gasteiger partial charge in [0.15, 0.2) is 0 Å². The van der Waals surface area contributed by atoms with Gasteiger partial charge in [0.25, 0.3) is 0 Å². The van der Waals surface area contributed by atoms with Gasteiger partial charge in [-0.1, -0.05) is 12.1 Å². The van der Waals surface area contributed by atoms with E-state index in [1.165, 1.54) is 24.3 Å². The van der Waals surface area contributed by atoms with Gasteiger partial charge in [-0.25, -0.2) is 4.39 Å². The van der Waals surface area contributed by atoms with E-state index in [-0.39, 0.29) is 11.9 Å². The van der Waals surface area contributed by atoms with Gasteiger partial charge < -0.3 is 5.32 Å². The Morgan fingerprint density at radius 1 is 0.900 bits per heavy atom. The Hall–Kier alpha value is -2.04. The number of anilines is 1. The van der Waals surface area contributed by atoms with Crippen LogP contribution in [0.3, 0.4) is 0 Å². The molecule has 0 aromatic heterocycles. The fourth-order valence-corrected chi connectivity index (χ4v) is 1.84. The third kappa shape index (κ3) is 3.50. The first-order chi connectivity index (χ1) is 9.36. The maximum Gasteiger partial charge on any atom is 0.416 e. The molecule has 1 atom stereocenters. The average molecular weight is 283 g/mol. The van der Waals surface area contributed by atoms with Crippen LogP contribution in [0.1, 0.15) is 24.1 Å². The lowest BCUT2D eigenvalue weighted by atomic mass is 10.1. The second kappa shape index (κ2) is 5.53. The number of alkyl halides is 3. The quantitative estimate of drug-likeness (QED) is 0.780. The van der Waals surface area contributed by atoms with Crippen LogP contribution >= 0.6 is 0 Å². The highest BCUT2D eigenvalue weighted by molar-refractivity contribution is 5.47. The lowest BCUT2D eigenvalue weighted by Crippen LogP contribution is -2.08. The van der Waals surface area contributed by atoms with Crippen LogP contribution in [0.5, 0.6) is 0 Å². The third-order valence-corrected chi connectivity index (χ3v) is 2.97. The molecular weight excluding hydrogens is 270 g/mol. The van der Waals surface area contributed by atoms with Crippen molar-refractivity contribution in [3.8, 4) is 0 Å². The number of rotatable bonds is 3. The third-order valence-electron chi connectivity index (χ3n) is 2.97.